The number of allylic oxidation sites excluding steroid dienone is 1. The van der Waals surface area contributed by atoms with Gasteiger partial charge in [-0.1, -0.05) is 50.1 Å². The molecule has 11 heteroatoms. The highest BCUT2D eigenvalue weighted by molar-refractivity contribution is 7.84. The number of amides is 1. The van der Waals surface area contributed by atoms with Crippen molar-refractivity contribution in [3.05, 3.63) is 64.3 Å². The number of hydrogen-bond donors (Lipinski definition) is 1. The summed E-state index contributed by atoms with van der Waals surface area (Å²) in [5.74, 6) is 2.71. The zero-order chi connectivity index (χ0) is 34.8. The molecule has 2 aromatic rings. The Bertz CT molecular complexity index is 1570. The summed E-state index contributed by atoms with van der Waals surface area (Å²) in [6.07, 6.45) is 9.99. The standard InChI is InChI=1S/C39H54ClN5O4S/c1-4-6-28-19-32(40)10-12-34(28)31-22-45-21-30-9-11-35(30)29(20-43-15-16-44-17-18-48-25-33(44)23-43)8-5-7-26(2)27(3)50(47)42-39(46)36-13-14-37(49-24-31)38(45)41-36/h5,8,10,12-14,19,26-27,29-31,33,35H,4,6-7,9,11,15-18,20-25H2,1-3H3,(H,42,46)/b8-5+. The Kier molecular flexibility index (Phi) is 11.5. The lowest BCUT2D eigenvalue weighted by atomic mass is 9.66. The van der Waals surface area contributed by atoms with E-state index in [1.165, 1.54) is 24.0 Å². The van der Waals surface area contributed by atoms with Gasteiger partial charge >= 0.3 is 0 Å². The van der Waals surface area contributed by atoms with E-state index in [0.717, 1.165) is 83.3 Å². The molecule has 5 aliphatic rings. The van der Waals surface area contributed by atoms with Crippen molar-refractivity contribution in [1.82, 2.24) is 19.5 Å². The minimum atomic E-state index is -1.54. The number of halogens is 1. The van der Waals surface area contributed by atoms with Crippen LogP contribution in [0.2, 0.25) is 5.02 Å². The third-order valence-electron chi connectivity index (χ3n) is 12.0. The Morgan fingerprint density at radius 2 is 1.94 bits per heavy atom. The topological polar surface area (TPSA) is 87.2 Å². The molecular weight excluding hydrogens is 670 g/mol. The van der Waals surface area contributed by atoms with Gasteiger partial charge in [0, 0.05) is 62.8 Å². The Balaban J connectivity index is 1.21. The molecule has 1 aromatic heterocycles. The number of nitrogens with zero attached hydrogens (tertiary/aromatic N) is 4. The van der Waals surface area contributed by atoms with Crippen molar-refractivity contribution < 1.29 is 18.5 Å². The predicted octanol–water partition coefficient (Wildman–Crippen LogP) is 5.71. The summed E-state index contributed by atoms with van der Waals surface area (Å²) in [7, 11) is -1.54. The van der Waals surface area contributed by atoms with Crippen molar-refractivity contribution in [1.29, 1.82) is 0 Å². The van der Waals surface area contributed by atoms with Crippen LogP contribution in [0.15, 0.2) is 42.5 Å². The molecule has 9 nitrogen and oxygen atoms in total. The van der Waals surface area contributed by atoms with E-state index in [-0.39, 0.29) is 22.8 Å². The number of hydrogen-bond acceptors (Lipinski definition) is 8. The highest BCUT2D eigenvalue weighted by Gasteiger charge is 2.40. The first-order chi connectivity index (χ1) is 24.3. The van der Waals surface area contributed by atoms with E-state index in [2.05, 4.69) is 57.6 Å². The Hall–Kier alpha value is -2.50. The number of anilines is 1. The average Bonchev–Trinajstić information content (AvgIpc) is 3.28. The molecule has 0 spiro atoms. The lowest BCUT2D eigenvalue weighted by Crippen LogP contribution is -2.59. The maximum absolute atomic E-state index is 13.5. The number of carbonyl (C=O) groups is 1. The van der Waals surface area contributed by atoms with Crippen molar-refractivity contribution >= 4 is 34.3 Å². The number of pyridine rings is 1. The summed E-state index contributed by atoms with van der Waals surface area (Å²) < 4.78 is 28.5. The summed E-state index contributed by atoms with van der Waals surface area (Å²) in [4.78, 5) is 26.1. The lowest BCUT2D eigenvalue weighted by molar-refractivity contribution is -0.0492. The van der Waals surface area contributed by atoms with Gasteiger partial charge in [0.15, 0.2) is 11.6 Å². The van der Waals surface area contributed by atoms with Gasteiger partial charge in [0.05, 0.1) is 25.1 Å². The van der Waals surface area contributed by atoms with E-state index >= 15 is 0 Å². The van der Waals surface area contributed by atoms with E-state index in [0.29, 0.717) is 42.0 Å². The molecular formula is C39H54ClN5O4S. The Morgan fingerprint density at radius 1 is 1.06 bits per heavy atom. The molecule has 7 rings (SSSR count). The highest BCUT2D eigenvalue weighted by Crippen LogP contribution is 2.44. The van der Waals surface area contributed by atoms with Gasteiger partial charge in [0.25, 0.3) is 5.91 Å². The molecule has 1 aliphatic carbocycles. The first-order valence-electron chi connectivity index (χ1n) is 18.9. The van der Waals surface area contributed by atoms with Crippen LogP contribution in [0.5, 0.6) is 5.75 Å². The third-order valence-corrected chi connectivity index (χ3v) is 13.8. The Labute approximate surface area is 305 Å². The number of carbonyl (C=O) groups excluding carboxylic acids is 1. The minimum Gasteiger partial charge on any atom is -0.489 e. The Morgan fingerprint density at radius 3 is 2.76 bits per heavy atom. The molecule has 0 radical (unpaired) electrons. The average molecular weight is 724 g/mol. The minimum absolute atomic E-state index is 0.115. The van der Waals surface area contributed by atoms with Crippen molar-refractivity contribution in [2.45, 2.75) is 70.1 Å². The maximum Gasteiger partial charge on any atom is 0.281 e. The molecule has 4 aliphatic heterocycles. The fourth-order valence-electron chi connectivity index (χ4n) is 8.69. The molecule has 50 heavy (non-hydrogen) atoms. The highest BCUT2D eigenvalue weighted by atomic mass is 35.5. The first-order valence-corrected chi connectivity index (χ1v) is 20.5. The van der Waals surface area contributed by atoms with Gasteiger partial charge in [-0.05, 0) is 91.7 Å². The molecule has 1 N–H and O–H groups in total. The van der Waals surface area contributed by atoms with Crippen LogP contribution in [0.4, 0.5) is 5.82 Å². The summed E-state index contributed by atoms with van der Waals surface area (Å²) in [5.41, 5.74) is 2.80. The molecule has 8 unspecified atom stereocenters. The molecule has 1 aromatic carbocycles. The second kappa shape index (κ2) is 16.0. The molecule has 5 heterocycles. The lowest BCUT2D eigenvalue weighted by Gasteiger charge is -2.48. The second-order valence-corrected chi connectivity index (χ2v) is 17.3. The van der Waals surface area contributed by atoms with Crippen LogP contribution in [0.25, 0.3) is 0 Å². The van der Waals surface area contributed by atoms with Crippen LogP contribution >= 0.6 is 11.6 Å². The number of nitrogens with one attached hydrogen (secondary N) is 1. The van der Waals surface area contributed by atoms with E-state index < -0.39 is 16.9 Å². The normalized spacial score (nSPS) is 33.2. The van der Waals surface area contributed by atoms with E-state index in [9.17, 15) is 9.00 Å². The van der Waals surface area contributed by atoms with Crippen molar-refractivity contribution in [3.63, 3.8) is 0 Å². The van der Waals surface area contributed by atoms with Gasteiger partial charge in [-0.2, -0.15) is 0 Å². The zero-order valence-electron chi connectivity index (χ0n) is 29.9. The van der Waals surface area contributed by atoms with Gasteiger partial charge in [-0.15, -0.1) is 0 Å². The van der Waals surface area contributed by atoms with E-state index in [1.807, 2.05) is 19.1 Å². The van der Waals surface area contributed by atoms with E-state index in [4.69, 9.17) is 26.1 Å². The number of aromatic nitrogens is 1. The van der Waals surface area contributed by atoms with Gasteiger partial charge in [0.2, 0.25) is 0 Å². The van der Waals surface area contributed by atoms with Crippen LogP contribution in [0.1, 0.15) is 74.0 Å². The smallest absolute Gasteiger partial charge is 0.281 e. The third kappa shape index (κ3) is 7.94. The van der Waals surface area contributed by atoms with Gasteiger partial charge in [-0.3, -0.25) is 19.3 Å². The molecule has 2 bridgehead atoms. The predicted molar refractivity (Wildman–Crippen MR) is 200 cm³/mol. The van der Waals surface area contributed by atoms with Crippen molar-refractivity contribution in [2.24, 2.45) is 23.7 Å². The van der Waals surface area contributed by atoms with Crippen LogP contribution < -0.4 is 14.4 Å². The molecule has 8 atom stereocenters. The number of benzene rings is 1. The number of ether oxygens (including phenoxy) is 2. The van der Waals surface area contributed by atoms with Crippen molar-refractivity contribution in [2.75, 3.05) is 70.5 Å². The van der Waals surface area contributed by atoms with Gasteiger partial charge < -0.3 is 14.4 Å². The molecule has 1 saturated carbocycles. The van der Waals surface area contributed by atoms with E-state index in [1.54, 1.807) is 6.07 Å². The van der Waals surface area contributed by atoms with Crippen LogP contribution in [0, 0.1) is 23.7 Å². The maximum atomic E-state index is 13.5. The molecule has 1 amide bonds. The number of aryl methyl sites for hydroxylation is 1. The van der Waals surface area contributed by atoms with Crippen molar-refractivity contribution in [3.8, 4) is 5.75 Å². The number of rotatable bonds is 5. The first kappa shape index (κ1) is 35.9. The van der Waals surface area contributed by atoms with Gasteiger partial charge in [0.1, 0.15) is 16.7 Å². The van der Waals surface area contributed by atoms with Crippen LogP contribution in [0.3, 0.4) is 0 Å². The second-order valence-electron chi connectivity index (χ2n) is 15.3. The SMILES string of the molecule is CCCc1cc(Cl)ccc1C1COc2ccc3nc2N(C1)CC1CCC1C(CN1CCN2CCOCC2C1)/C=C/CC(C)C(C)S(=O)NC3=O. The van der Waals surface area contributed by atoms with Gasteiger partial charge in [-0.25, -0.2) is 9.19 Å². The molecule has 3 fully saturated rings. The zero-order valence-corrected chi connectivity index (χ0v) is 31.5. The number of piperazine rings is 1. The molecule has 2 saturated heterocycles. The number of fused-ring (bicyclic) bond motifs is 3. The summed E-state index contributed by atoms with van der Waals surface area (Å²) in [5, 5.41) is 0.552. The quantitative estimate of drug-likeness (QED) is 0.393. The van der Waals surface area contributed by atoms with Crippen LogP contribution in [-0.2, 0) is 22.1 Å². The van der Waals surface area contributed by atoms with Crippen LogP contribution in [-0.4, -0.2) is 102 Å². The summed E-state index contributed by atoms with van der Waals surface area (Å²) >= 11 is 6.48. The monoisotopic (exact) mass is 723 g/mol. The number of morpholine rings is 1. The largest absolute Gasteiger partial charge is 0.489 e. The fraction of sp³-hybridized carbons (Fsp3) is 0.641. The fourth-order valence-corrected chi connectivity index (χ4v) is 9.89. The summed E-state index contributed by atoms with van der Waals surface area (Å²) in [6.45, 7) is 15.4. The molecule has 272 valence electrons. The summed E-state index contributed by atoms with van der Waals surface area (Å²) in [6, 6.07) is 10.3.